The molecule has 758 valence electrons. The molecule has 23 atom stereocenters. The van der Waals surface area contributed by atoms with Gasteiger partial charge in [0.25, 0.3) is 27.8 Å². The predicted octanol–water partition coefficient (Wildman–Crippen LogP) is -2.83. The zero-order valence-electron chi connectivity index (χ0n) is 77.6. The average molecular weight is 2020 g/mol. The summed E-state index contributed by atoms with van der Waals surface area (Å²) >= 11 is 0. The number of halogens is 3. The first-order valence-corrected chi connectivity index (χ1v) is 57.3. The van der Waals surface area contributed by atoms with Crippen molar-refractivity contribution in [1.29, 1.82) is 0 Å². The molecular weight excluding hydrogens is 1890 g/mol. The number of hydrogen-bond donors (Lipinski definition) is 16. The lowest BCUT2D eigenvalue weighted by atomic mass is 10.1. The first-order chi connectivity index (χ1) is 61.9. The summed E-state index contributed by atoms with van der Waals surface area (Å²) in [4.78, 5) is 199. The van der Waals surface area contributed by atoms with Crippen molar-refractivity contribution >= 4 is 101 Å². The normalized spacial score (nSPS) is 26.5. The SMILES string of the molecule is C=P(C)(C)CC[C@H]1OC(n2cc(C(O)C(C)=O)c(=O)[nH]c2=O)[C@H](O)[C@@H]1O.C=P(C)(C)CC[C@H]1OC(n2cc(C(O)C(C)=O)c(=O)[nH]c2=O)[C@H](O)[C@@H]1O.C=P(C)(C)CC[C@H]1OC(n2cc(C(OC(=O)C(F)(F)F)C(C)=O)c(=O)[nH]c2=O)[C@H](O)[C@@H]1O.C=P(C)(C)CC[C@H]1OC(n2cc(CC(C)=O)c(=O)[nH]c2=O)[C@H](O)[C@@H]1O.C=P(C)(C)CC[C@H]1OC(n2cc(CC(C)=O)c(=O)[nH]c2=O)[C@H](OC)[C@@H]1O. The fraction of sp³-hybridized carbons (Fsp3) is 0.627. The molecule has 8 unspecified atom stereocenters. The number of Topliss-reactive ketones (excluding diaryl/α,β-unsaturated/α-hetero) is 5. The quantitative estimate of drug-likeness (QED) is 0.0152. The highest BCUT2D eigenvalue weighted by Gasteiger charge is 2.51. The molecule has 5 aliphatic heterocycles. The average Bonchev–Trinajstić information content (AvgIpc) is 1.30. The standard InChI is InChI=1S/C18H24F3N2O8P.C17H27N2O6P.2C16H25N2O7P.C16H25N2O6P/c1-8(24)13(31-16(28)18(19,20)21)9-7-23(17(29)22-14(9)27)15-12(26)11(25)10(30-15)5-6-32(2,3)4;1-10(20)8-11-9-19(17(23)18-15(11)22)16-14(24-2)13(21)12(25-16)6-7-26(3,4)5;2*1-8(19)11(20)9-7-18(16(24)17-14(9)23)15-13(22)12(21)10(25-15)5-6-26(2,3)4;1-9(19)7-10-8-18(16(23)17-14(10)22)15-13(21)12(20)11(24-15)5-6-25(2,3)4/h7,10-13,15,25-26H,2,5-6H2,1,3-4H3,(H,22,27,29);9,12-14,16,21H,3,6-8H2,1-2,4-5H3,(H,18,22,23);2*7,10-13,15,20-22H,2,5-6H2,1,3-4H3,(H,17,23,24);8,11-13,15,20-21H,2,5-7H2,1,3-4H3,(H,17,22,23)/t10-,11-,12-,13?,15?;12-,13-,14-,16?;2*10-,11?,12-,13-,15?;11-,12-,13-,15?/m11111/s1. The molecule has 10 heterocycles. The van der Waals surface area contributed by atoms with E-state index in [1.807, 2.05) is 50.0 Å². The molecule has 135 heavy (non-hydrogen) atoms. The highest BCUT2D eigenvalue weighted by molar-refractivity contribution is 7.73. The number of aromatic nitrogens is 10. The summed E-state index contributed by atoms with van der Waals surface area (Å²) in [5, 5.41) is 112. The molecule has 5 aliphatic rings. The van der Waals surface area contributed by atoms with Crippen LogP contribution in [0.4, 0.5) is 13.2 Å². The van der Waals surface area contributed by atoms with Gasteiger partial charge >= 0.3 is 40.6 Å². The van der Waals surface area contributed by atoms with Crippen molar-refractivity contribution in [2.24, 2.45) is 0 Å². The van der Waals surface area contributed by atoms with Crippen LogP contribution in [0.5, 0.6) is 0 Å². The minimum Gasteiger partial charge on any atom is -0.442 e. The van der Waals surface area contributed by atoms with Gasteiger partial charge in [-0.15, -0.1) is 65.9 Å². The van der Waals surface area contributed by atoms with Crippen LogP contribution in [-0.2, 0) is 74.8 Å². The molecule has 0 saturated carbocycles. The maximum atomic E-state index is 12.6. The molecule has 5 fully saturated rings. The number of carbonyl (C=O) groups is 6. The van der Waals surface area contributed by atoms with Gasteiger partial charge in [0.1, 0.15) is 84.8 Å². The van der Waals surface area contributed by atoms with Gasteiger partial charge in [-0.25, -0.2) is 28.8 Å². The first kappa shape index (κ1) is 116. The fourth-order valence-corrected chi connectivity index (χ4v) is 19.2. The summed E-state index contributed by atoms with van der Waals surface area (Å²) in [5.41, 5.74) is -9.83. The van der Waals surface area contributed by atoms with Gasteiger partial charge < -0.3 is 89.3 Å². The highest BCUT2D eigenvalue weighted by atomic mass is 31.2. The van der Waals surface area contributed by atoms with Crippen LogP contribution in [0.3, 0.4) is 0 Å². The Hall–Kier alpha value is -8.17. The second-order valence-corrected chi connectivity index (χ2v) is 58.8. The summed E-state index contributed by atoms with van der Waals surface area (Å²) in [5.74, 6) is -5.60. The number of hydrogen-bond acceptors (Lipinski definition) is 34. The number of alkyl halides is 3. The number of carbonyl (C=O) groups excluding carboxylic acids is 6. The number of ether oxygens (including phenoxy) is 7. The van der Waals surface area contributed by atoms with E-state index in [9.17, 15) is 146 Å². The zero-order valence-corrected chi connectivity index (χ0v) is 82.1. The Balaban J connectivity index is 0.000000260. The number of ketones is 5. The van der Waals surface area contributed by atoms with E-state index in [2.05, 4.69) is 72.9 Å². The van der Waals surface area contributed by atoms with Gasteiger partial charge in [0.2, 0.25) is 0 Å². The van der Waals surface area contributed by atoms with Crippen LogP contribution in [0.25, 0.3) is 0 Å². The van der Waals surface area contributed by atoms with Crippen molar-refractivity contribution in [3.05, 3.63) is 163 Å². The predicted molar refractivity (Wildman–Crippen MR) is 504 cm³/mol. The fourth-order valence-electron chi connectivity index (χ4n) is 14.5. The third kappa shape index (κ3) is 31.9. The number of rotatable bonds is 32. The molecule has 0 amide bonds. The van der Waals surface area contributed by atoms with Crippen molar-refractivity contribution in [2.45, 2.75) is 227 Å². The first-order valence-electron chi connectivity index (χ1n) is 42.1. The van der Waals surface area contributed by atoms with Crippen LogP contribution in [0.15, 0.2) is 78.9 Å². The third-order valence-corrected chi connectivity index (χ3v) is 29.2. The van der Waals surface area contributed by atoms with E-state index in [-0.39, 0.29) is 46.7 Å². The van der Waals surface area contributed by atoms with Gasteiger partial charge in [-0.1, -0.05) is 0 Å². The van der Waals surface area contributed by atoms with Crippen LogP contribution >= 0.6 is 34.4 Å². The van der Waals surface area contributed by atoms with Crippen LogP contribution in [0.2, 0.25) is 0 Å². The number of H-pyrrole nitrogens is 5. The van der Waals surface area contributed by atoms with Crippen molar-refractivity contribution in [3.8, 4) is 0 Å². The maximum Gasteiger partial charge on any atom is 0.490 e. The van der Waals surface area contributed by atoms with E-state index in [0.29, 0.717) is 49.0 Å². The van der Waals surface area contributed by atoms with E-state index in [1.54, 1.807) is 4.98 Å². The van der Waals surface area contributed by atoms with Gasteiger partial charge in [-0.3, -0.25) is 95.7 Å². The highest BCUT2D eigenvalue weighted by Crippen LogP contribution is 2.45. The smallest absolute Gasteiger partial charge is 0.442 e. The molecule has 5 aromatic heterocycles. The second kappa shape index (κ2) is 47.2. The van der Waals surface area contributed by atoms with Crippen molar-refractivity contribution in [2.75, 3.05) is 105 Å². The lowest BCUT2D eigenvalue weighted by Gasteiger charge is -2.21. The molecule has 52 heteroatoms. The minimum atomic E-state index is -5.43. The Kier molecular flexibility index (Phi) is 40.4. The molecule has 5 saturated heterocycles. The molecule has 16 N–H and O–H groups in total. The lowest BCUT2D eigenvalue weighted by Crippen LogP contribution is -2.40. The van der Waals surface area contributed by atoms with Crippen LogP contribution in [0, 0.1) is 0 Å². The molecule has 0 aromatic carbocycles. The monoisotopic (exact) mass is 2020 g/mol. The number of aliphatic hydroxyl groups is 11. The Morgan fingerprint density at radius 2 is 0.600 bits per heavy atom. The summed E-state index contributed by atoms with van der Waals surface area (Å²) < 4.78 is 80.2. The number of methoxy groups -OCH3 is 1. The van der Waals surface area contributed by atoms with Gasteiger partial charge in [-0.2, -0.15) is 13.2 Å². The van der Waals surface area contributed by atoms with Gasteiger partial charge in [-0.05, 0) is 164 Å². The maximum absolute atomic E-state index is 12.6. The summed E-state index contributed by atoms with van der Waals surface area (Å²) in [7, 11) is 1.43. The van der Waals surface area contributed by atoms with E-state index < -0.39 is 267 Å². The Bertz CT molecular complexity index is 5880. The Morgan fingerprint density at radius 3 is 0.837 bits per heavy atom. The topological polar surface area (TPSA) is 664 Å². The van der Waals surface area contributed by atoms with Gasteiger partial charge in [0.15, 0.2) is 54.6 Å². The molecule has 10 rings (SSSR count). The van der Waals surface area contributed by atoms with Gasteiger partial charge in [0, 0.05) is 62.1 Å². The van der Waals surface area contributed by atoms with Crippen LogP contribution in [-0.4, -0.2) is 373 Å². The number of nitrogens with zero attached hydrogens (tertiary/aromatic N) is 5. The molecule has 0 spiro atoms. The number of esters is 1. The van der Waals surface area contributed by atoms with E-state index >= 15 is 0 Å². The third-order valence-electron chi connectivity index (χ3n) is 21.8. The molecule has 0 aliphatic carbocycles. The number of aliphatic hydroxyl groups excluding tert-OH is 11. The summed E-state index contributed by atoms with van der Waals surface area (Å²) in [6.45, 7) is 19.2. The minimum absolute atomic E-state index is 0.0911. The van der Waals surface area contributed by atoms with Crippen LogP contribution in [0.1, 0.15) is 144 Å². The van der Waals surface area contributed by atoms with E-state index in [0.717, 1.165) is 71.5 Å². The zero-order chi connectivity index (χ0) is 103. The van der Waals surface area contributed by atoms with E-state index in [1.165, 1.54) is 37.9 Å². The Labute approximate surface area is 770 Å². The van der Waals surface area contributed by atoms with Crippen molar-refractivity contribution in [3.63, 3.8) is 0 Å². The largest absolute Gasteiger partial charge is 0.490 e. The van der Waals surface area contributed by atoms with Gasteiger partial charge in [0.05, 0.1) is 47.2 Å². The molecule has 44 nitrogen and oxygen atoms in total. The number of nitrogens with one attached hydrogen (secondary N) is 5. The number of aromatic amines is 5. The second-order valence-electron chi connectivity index (χ2n) is 37.3. The van der Waals surface area contributed by atoms with Crippen molar-refractivity contribution in [1.82, 2.24) is 47.8 Å². The van der Waals surface area contributed by atoms with E-state index in [4.69, 9.17) is 28.4 Å². The van der Waals surface area contributed by atoms with Crippen molar-refractivity contribution < 1.29 is 131 Å². The molecule has 0 radical (unpaired) electrons. The molecule has 5 aromatic rings. The molecule has 0 bridgehead atoms. The Morgan fingerprint density at radius 1 is 0.370 bits per heavy atom. The molecular formula is C83H126F3N10O34P5. The van der Waals surface area contributed by atoms with Crippen LogP contribution < -0.4 is 56.2 Å². The summed E-state index contributed by atoms with van der Waals surface area (Å²) in [6, 6.07) is 0. The summed E-state index contributed by atoms with van der Waals surface area (Å²) in [6.07, 6.45) is -1.61. The lowest BCUT2D eigenvalue weighted by molar-refractivity contribution is -0.205.